The molecular formula is C20H25N3O. The number of rotatable bonds is 5. The zero-order valence-corrected chi connectivity index (χ0v) is 14.2. The van der Waals surface area contributed by atoms with E-state index in [2.05, 4.69) is 64.4 Å². The highest BCUT2D eigenvalue weighted by atomic mass is 16.2. The number of carbonyl (C=O) groups excluding carboxylic acids is 1. The zero-order valence-electron chi connectivity index (χ0n) is 14.2. The highest BCUT2D eigenvalue weighted by molar-refractivity contribution is 5.80. The molecule has 2 aromatic rings. The summed E-state index contributed by atoms with van der Waals surface area (Å²) >= 11 is 0. The van der Waals surface area contributed by atoms with Crippen molar-refractivity contribution in [2.75, 3.05) is 13.1 Å². The molecule has 1 fully saturated rings. The third-order valence-electron chi connectivity index (χ3n) is 5.34. The van der Waals surface area contributed by atoms with Crippen molar-refractivity contribution in [3.63, 3.8) is 0 Å². The van der Waals surface area contributed by atoms with Crippen LogP contribution in [-0.2, 0) is 24.8 Å². The Kier molecular flexibility index (Phi) is 4.15. The number of nitrogens with zero attached hydrogens (tertiary/aromatic N) is 2. The van der Waals surface area contributed by atoms with Crippen molar-refractivity contribution in [1.29, 1.82) is 0 Å². The summed E-state index contributed by atoms with van der Waals surface area (Å²) in [6.07, 6.45) is 5.27. The molecule has 0 radical (unpaired) electrons. The number of hydrogen-bond donors (Lipinski definition) is 1. The van der Waals surface area contributed by atoms with E-state index >= 15 is 0 Å². The normalized spacial score (nSPS) is 18.9. The van der Waals surface area contributed by atoms with Gasteiger partial charge in [0, 0.05) is 44.5 Å². The van der Waals surface area contributed by atoms with Crippen LogP contribution in [0.4, 0.5) is 0 Å². The third-order valence-corrected chi connectivity index (χ3v) is 5.34. The monoisotopic (exact) mass is 323 g/mol. The first-order valence-corrected chi connectivity index (χ1v) is 8.92. The van der Waals surface area contributed by atoms with Crippen molar-refractivity contribution < 1.29 is 4.79 Å². The number of amides is 1. The van der Waals surface area contributed by atoms with Gasteiger partial charge in [0.1, 0.15) is 0 Å². The smallest absolute Gasteiger partial charge is 0.223 e. The van der Waals surface area contributed by atoms with Crippen molar-refractivity contribution in [3.05, 3.63) is 59.4 Å². The van der Waals surface area contributed by atoms with E-state index < -0.39 is 0 Å². The second kappa shape index (κ2) is 6.44. The van der Waals surface area contributed by atoms with Crippen LogP contribution in [0.15, 0.2) is 42.6 Å². The number of aromatic nitrogens is 1. The van der Waals surface area contributed by atoms with Crippen LogP contribution in [0.2, 0.25) is 0 Å². The van der Waals surface area contributed by atoms with E-state index in [0.29, 0.717) is 6.54 Å². The predicted molar refractivity (Wildman–Crippen MR) is 94.4 cm³/mol. The molecule has 2 aliphatic rings. The molecule has 4 heteroatoms. The van der Waals surface area contributed by atoms with Crippen molar-refractivity contribution in [1.82, 2.24) is 14.8 Å². The summed E-state index contributed by atoms with van der Waals surface area (Å²) < 4.78 is 2.18. The number of fused-ring (bicyclic) bond motifs is 1. The molecule has 0 spiro atoms. The Morgan fingerprint density at radius 3 is 2.71 bits per heavy atom. The predicted octanol–water partition coefficient (Wildman–Crippen LogP) is 2.65. The average Bonchev–Trinajstić information content (AvgIpc) is 3.38. The Hall–Kier alpha value is -2.07. The van der Waals surface area contributed by atoms with E-state index in [1.807, 2.05) is 0 Å². The van der Waals surface area contributed by atoms with Crippen molar-refractivity contribution in [2.45, 2.75) is 31.8 Å². The molecule has 0 unspecified atom stereocenters. The summed E-state index contributed by atoms with van der Waals surface area (Å²) in [6, 6.07) is 13.2. The minimum absolute atomic E-state index is 0.223. The van der Waals surface area contributed by atoms with E-state index in [9.17, 15) is 4.79 Å². The Labute approximate surface area is 143 Å². The molecule has 24 heavy (non-hydrogen) atoms. The Morgan fingerprint density at radius 1 is 1.21 bits per heavy atom. The molecule has 1 aromatic heterocycles. The molecule has 4 rings (SSSR count). The van der Waals surface area contributed by atoms with Gasteiger partial charge in [0.2, 0.25) is 5.91 Å². The van der Waals surface area contributed by atoms with Crippen LogP contribution in [0.5, 0.6) is 0 Å². The van der Waals surface area contributed by atoms with Crippen LogP contribution >= 0.6 is 0 Å². The van der Waals surface area contributed by atoms with Gasteiger partial charge in [-0.15, -0.1) is 0 Å². The lowest BCUT2D eigenvalue weighted by atomic mass is 9.98. The number of hydrogen-bond acceptors (Lipinski definition) is 2. The summed E-state index contributed by atoms with van der Waals surface area (Å²) in [6.45, 7) is 2.67. The van der Waals surface area contributed by atoms with Crippen LogP contribution in [-0.4, -0.2) is 28.5 Å². The van der Waals surface area contributed by atoms with Crippen LogP contribution in [0.3, 0.4) is 0 Å². The fourth-order valence-electron chi connectivity index (χ4n) is 3.71. The fraction of sp³-hybridized carbons (Fsp3) is 0.450. The molecule has 4 nitrogen and oxygen atoms in total. The molecule has 1 aromatic carbocycles. The van der Waals surface area contributed by atoms with Gasteiger partial charge in [-0.3, -0.25) is 9.69 Å². The van der Waals surface area contributed by atoms with Crippen LogP contribution in [0.1, 0.15) is 35.7 Å². The van der Waals surface area contributed by atoms with Gasteiger partial charge in [-0.25, -0.2) is 0 Å². The molecule has 2 heterocycles. The van der Waals surface area contributed by atoms with E-state index in [0.717, 1.165) is 32.4 Å². The average molecular weight is 323 g/mol. The molecule has 1 N–H and O–H groups in total. The van der Waals surface area contributed by atoms with Gasteiger partial charge in [-0.05, 0) is 42.5 Å². The summed E-state index contributed by atoms with van der Waals surface area (Å²) in [4.78, 5) is 14.6. The highest BCUT2D eigenvalue weighted by Crippen LogP contribution is 2.30. The fourth-order valence-corrected chi connectivity index (χ4v) is 3.71. The molecule has 1 atom stereocenters. The van der Waals surface area contributed by atoms with Gasteiger partial charge in [-0.2, -0.15) is 0 Å². The lowest BCUT2D eigenvalue weighted by Crippen LogP contribution is -2.41. The molecule has 1 amide bonds. The summed E-state index contributed by atoms with van der Waals surface area (Å²) in [7, 11) is 2.09. The van der Waals surface area contributed by atoms with Gasteiger partial charge in [0.25, 0.3) is 0 Å². The van der Waals surface area contributed by atoms with E-state index in [1.54, 1.807) is 0 Å². The van der Waals surface area contributed by atoms with E-state index in [-0.39, 0.29) is 17.9 Å². The Balaban J connectivity index is 1.54. The molecule has 126 valence electrons. The van der Waals surface area contributed by atoms with Crippen molar-refractivity contribution >= 4 is 5.91 Å². The first kappa shape index (κ1) is 15.5. The molecule has 1 saturated carbocycles. The minimum atomic E-state index is 0.223. The molecule has 0 saturated heterocycles. The Bertz CT molecular complexity index is 732. The highest BCUT2D eigenvalue weighted by Gasteiger charge is 2.31. The van der Waals surface area contributed by atoms with Gasteiger partial charge in [0.05, 0.1) is 6.04 Å². The van der Waals surface area contributed by atoms with Crippen molar-refractivity contribution in [3.8, 4) is 0 Å². The summed E-state index contributed by atoms with van der Waals surface area (Å²) in [5.41, 5.74) is 4.14. The maximum atomic E-state index is 12.1. The van der Waals surface area contributed by atoms with Crippen LogP contribution in [0, 0.1) is 5.92 Å². The largest absolute Gasteiger partial charge is 0.354 e. The lowest BCUT2D eigenvalue weighted by Gasteiger charge is -2.36. The summed E-state index contributed by atoms with van der Waals surface area (Å²) in [5, 5.41) is 3.19. The second-order valence-electron chi connectivity index (χ2n) is 7.07. The van der Waals surface area contributed by atoms with E-state index in [4.69, 9.17) is 0 Å². The molecule has 0 bridgehead atoms. The van der Waals surface area contributed by atoms with Gasteiger partial charge < -0.3 is 9.88 Å². The number of benzene rings is 1. The topological polar surface area (TPSA) is 37.3 Å². The first-order valence-electron chi connectivity index (χ1n) is 8.92. The Morgan fingerprint density at radius 2 is 2.00 bits per heavy atom. The number of carbonyl (C=O) groups is 1. The lowest BCUT2D eigenvalue weighted by molar-refractivity contribution is -0.122. The standard InChI is InChI=1S/C20H25N3O/c1-22-11-4-7-18(22)19(13-21-20(24)16-8-9-16)23-12-10-15-5-2-3-6-17(15)14-23/h2-7,11,16,19H,8-10,12-14H2,1H3,(H,21,24)/t19-/m0/s1. The third kappa shape index (κ3) is 3.11. The van der Waals surface area contributed by atoms with Crippen LogP contribution in [0.25, 0.3) is 0 Å². The molecule has 1 aliphatic carbocycles. The number of nitrogens with one attached hydrogen (secondary N) is 1. The van der Waals surface area contributed by atoms with E-state index in [1.165, 1.54) is 16.8 Å². The zero-order chi connectivity index (χ0) is 16.5. The number of aryl methyl sites for hydroxylation is 1. The quantitative estimate of drug-likeness (QED) is 0.918. The SMILES string of the molecule is Cn1cccc1[C@H](CNC(=O)C1CC1)N1CCc2ccccc2C1. The minimum Gasteiger partial charge on any atom is -0.354 e. The van der Waals surface area contributed by atoms with Crippen molar-refractivity contribution in [2.24, 2.45) is 13.0 Å². The van der Waals surface area contributed by atoms with Crippen LogP contribution < -0.4 is 5.32 Å². The maximum Gasteiger partial charge on any atom is 0.223 e. The summed E-state index contributed by atoms with van der Waals surface area (Å²) in [5.74, 6) is 0.493. The molecule has 1 aliphatic heterocycles. The van der Waals surface area contributed by atoms with Gasteiger partial charge >= 0.3 is 0 Å². The molecular weight excluding hydrogens is 298 g/mol. The second-order valence-corrected chi connectivity index (χ2v) is 7.07. The maximum absolute atomic E-state index is 12.1. The van der Waals surface area contributed by atoms with Gasteiger partial charge in [-0.1, -0.05) is 24.3 Å². The first-order chi connectivity index (χ1) is 11.7. The van der Waals surface area contributed by atoms with Gasteiger partial charge in [0.15, 0.2) is 0 Å².